The fraction of sp³-hybridized carbons (Fsp3) is 0.130. The third kappa shape index (κ3) is 5.45. The van der Waals surface area contributed by atoms with Crippen LogP contribution in [0, 0.1) is 11.3 Å². The Balaban J connectivity index is 1.46. The van der Waals surface area contributed by atoms with E-state index in [1.807, 2.05) is 54.6 Å². The monoisotopic (exact) mass is 357 g/mol. The van der Waals surface area contributed by atoms with E-state index in [0.717, 1.165) is 16.9 Å². The minimum Gasteiger partial charge on any atom is -0.494 e. The number of hydrogen-bond donors (Lipinski definition) is 0. The summed E-state index contributed by atoms with van der Waals surface area (Å²) >= 11 is 0. The molecule has 0 saturated carbocycles. The number of para-hydroxylation sites is 1. The fourth-order valence-electron chi connectivity index (χ4n) is 2.56. The van der Waals surface area contributed by atoms with Crippen LogP contribution in [0.5, 0.6) is 11.5 Å². The van der Waals surface area contributed by atoms with Crippen LogP contribution in [0.3, 0.4) is 0 Å². The molecule has 0 aliphatic heterocycles. The average molecular weight is 357 g/mol. The molecule has 0 aliphatic carbocycles. The van der Waals surface area contributed by atoms with E-state index in [2.05, 4.69) is 6.07 Å². The second kappa shape index (κ2) is 9.21. The molecule has 0 atom stereocenters. The Morgan fingerprint density at radius 3 is 2.07 bits per heavy atom. The molecular weight excluding hydrogens is 338 g/mol. The van der Waals surface area contributed by atoms with Crippen molar-refractivity contribution in [3.63, 3.8) is 0 Å². The van der Waals surface area contributed by atoms with Gasteiger partial charge in [-0.15, -0.1) is 0 Å². The first-order valence-corrected chi connectivity index (χ1v) is 8.74. The van der Waals surface area contributed by atoms with Crippen LogP contribution >= 0.6 is 0 Å². The predicted octanol–water partition coefficient (Wildman–Crippen LogP) is 4.99. The number of benzene rings is 3. The molecule has 0 saturated heterocycles. The third-order valence-electron chi connectivity index (χ3n) is 3.97. The molecule has 0 bridgehead atoms. The molecule has 0 radical (unpaired) electrons. The lowest BCUT2D eigenvalue weighted by atomic mass is 10.0. The first-order chi connectivity index (χ1) is 13.2. The predicted molar refractivity (Wildman–Crippen MR) is 103 cm³/mol. The number of esters is 1. The molecule has 3 aromatic rings. The number of carbonyl (C=O) groups is 1. The number of carbonyl (C=O) groups excluding carboxylic acids is 1. The van der Waals surface area contributed by atoms with E-state index < -0.39 is 0 Å². The SMILES string of the molecule is N#Cc1ccc(-c2ccc(OC(=O)CCCOc3ccccc3)cc2)cc1. The summed E-state index contributed by atoms with van der Waals surface area (Å²) in [5, 5.41) is 8.85. The second-order valence-corrected chi connectivity index (χ2v) is 5.95. The quantitative estimate of drug-likeness (QED) is 0.339. The minimum absolute atomic E-state index is 0.280. The fourth-order valence-corrected chi connectivity index (χ4v) is 2.56. The molecule has 0 spiro atoms. The van der Waals surface area contributed by atoms with E-state index in [0.29, 0.717) is 30.8 Å². The molecule has 134 valence electrons. The first-order valence-electron chi connectivity index (χ1n) is 8.74. The van der Waals surface area contributed by atoms with Crippen LogP contribution in [0.15, 0.2) is 78.9 Å². The molecule has 0 heterocycles. The summed E-state index contributed by atoms with van der Waals surface area (Å²) in [5.41, 5.74) is 2.63. The molecule has 4 nitrogen and oxygen atoms in total. The van der Waals surface area contributed by atoms with E-state index in [1.165, 1.54) is 0 Å². The first kappa shape index (κ1) is 18.2. The lowest BCUT2D eigenvalue weighted by Gasteiger charge is -2.07. The number of nitriles is 1. The summed E-state index contributed by atoms with van der Waals surface area (Å²) in [6, 6.07) is 26.3. The molecular formula is C23H19NO3. The Morgan fingerprint density at radius 2 is 1.44 bits per heavy atom. The third-order valence-corrected chi connectivity index (χ3v) is 3.97. The average Bonchev–Trinajstić information content (AvgIpc) is 2.73. The van der Waals surface area contributed by atoms with Gasteiger partial charge in [-0.3, -0.25) is 4.79 Å². The van der Waals surface area contributed by atoms with Crippen LogP contribution in [0.4, 0.5) is 0 Å². The molecule has 0 N–H and O–H groups in total. The maximum Gasteiger partial charge on any atom is 0.311 e. The van der Waals surface area contributed by atoms with Gasteiger partial charge in [0.15, 0.2) is 0 Å². The van der Waals surface area contributed by atoms with Crippen LogP contribution in [-0.4, -0.2) is 12.6 Å². The van der Waals surface area contributed by atoms with Gasteiger partial charge in [-0.2, -0.15) is 5.26 Å². The van der Waals surface area contributed by atoms with E-state index in [4.69, 9.17) is 14.7 Å². The number of ether oxygens (including phenoxy) is 2. The van der Waals surface area contributed by atoms with Crippen molar-refractivity contribution < 1.29 is 14.3 Å². The summed E-state index contributed by atoms with van der Waals surface area (Å²) in [7, 11) is 0. The maximum atomic E-state index is 11.9. The van der Waals surface area contributed by atoms with Crippen molar-refractivity contribution in [3.8, 4) is 28.7 Å². The van der Waals surface area contributed by atoms with Crippen molar-refractivity contribution in [2.24, 2.45) is 0 Å². The van der Waals surface area contributed by atoms with Gasteiger partial charge in [0.1, 0.15) is 11.5 Å². The van der Waals surface area contributed by atoms with Gasteiger partial charge in [0, 0.05) is 6.42 Å². The zero-order valence-electron chi connectivity index (χ0n) is 14.8. The van der Waals surface area contributed by atoms with Crippen molar-refractivity contribution in [2.45, 2.75) is 12.8 Å². The smallest absolute Gasteiger partial charge is 0.311 e. The Labute approximate surface area is 158 Å². The van der Waals surface area contributed by atoms with E-state index in [1.54, 1.807) is 24.3 Å². The molecule has 3 aromatic carbocycles. The van der Waals surface area contributed by atoms with Crippen molar-refractivity contribution in [2.75, 3.05) is 6.61 Å². The number of hydrogen-bond acceptors (Lipinski definition) is 4. The summed E-state index contributed by atoms with van der Waals surface area (Å²) in [6.45, 7) is 0.469. The highest BCUT2D eigenvalue weighted by molar-refractivity contribution is 5.73. The van der Waals surface area contributed by atoms with Gasteiger partial charge in [-0.05, 0) is 53.9 Å². The van der Waals surface area contributed by atoms with Crippen LogP contribution in [0.1, 0.15) is 18.4 Å². The van der Waals surface area contributed by atoms with E-state index in [-0.39, 0.29) is 5.97 Å². The number of nitrogens with zero attached hydrogens (tertiary/aromatic N) is 1. The van der Waals surface area contributed by atoms with Crippen molar-refractivity contribution in [1.29, 1.82) is 5.26 Å². The van der Waals surface area contributed by atoms with Gasteiger partial charge in [-0.25, -0.2) is 0 Å². The van der Waals surface area contributed by atoms with Gasteiger partial charge in [-0.1, -0.05) is 42.5 Å². The lowest BCUT2D eigenvalue weighted by Crippen LogP contribution is -2.09. The molecule has 27 heavy (non-hydrogen) atoms. The zero-order chi connectivity index (χ0) is 18.9. The summed E-state index contributed by atoms with van der Waals surface area (Å²) in [6.07, 6.45) is 0.890. The second-order valence-electron chi connectivity index (χ2n) is 5.95. The highest BCUT2D eigenvalue weighted by Gasteiger charge is 2.06. The standard InChI is InChI=1S/C23H19NO3/c24-17-18-8-10-19(11-9-18)20-12-14-22(15-13-20)27-23(25)7-4-16-26-21-5-2-1-3-6-21/h1-3,5-6,8-15H,4,7,16H2. The molecule has 0 fully saturated rings. The van der Waals surface area contributed by atoms with Gasteiger partial charge < -0.3 is 9.47 Å². The zero-order valence-corrected chi connectivity index (χ0v) is 14.8. The number of rotatable bonds is 7. The van der Waals surface area contributed by atoms with Gasteiger partial charge in [0.25, 0.3) is 0 Å². The summed E-state index contributed by atoms with van der Waals surface area (Å²) < 4.78 is 10.9. The van der Waals surface area contributed by atoms with Crippen molar-refractivity contribution in [3.05, 3.63) is 84.4 Å². The minimum atomic E-state index is -0.280. The topological polar surface area (TPSA) is 59.3 Å². The van der Waals surface area contributed by atoms with Crippen LogP contribution in [0.25, 0.3) is 11.1 Å². The van der Waals surface area contributed by atoms with Crippen LogP contribution < -0.4 is 9.47 Å². The normalized spacial score (nSPS) is 10.0. The van der Waals surface area contributed by atoms with E-state index >= 15 is 0 Å². The van der Waals surface area contributed by atoms with Crippen molar-refractivity contribution in [1.82, 2.24) is 0 Å². The van der Waals surface area contributed by atoms with Crippen LogP contribution in [-0.2, 0) is 4.79 Å². The van der Waals surface area contributed by atoms with E-state index in [9.17, 15) is 4.79 Å². The Bertz CT molecular complexity index is 911. The van der Waals surface area contributed by atoms with Gasteiger partial charge >= 0.3 is 5.97 Å². The summed E-state index contributed by atoms with van der Waals surface area (Å²) in [4.78, 5) is 11.9. The van der Waals surface area contributed by atoms with Crippen molar-refractivity contribution >= 4 is 5.97 Å². The Hall–Kier alpha value is -3.58. The Morgan fingerprint density at radius 1 is 0.815 bits per heavy atom. The highest BCUT2D eigenvalue weighted by Crippen LogP contribution is 2.23. The summed E-state index contributed by atoms with van der Waals surface area (Å²) in [5.74, 6) is 1.03. The van der Waals surface area contributed by atoms with Crippen LogP contribution in [0.2, 0.25) is 0 Å². The maximum absolute atomic E-state index is 11.9. The largest absolute Gasteiger partial charge is 0.494 e. The molecule has 4 heteroatoms. The highest BCUT2D eigenvalue weighted by atomic mass is 16.5. The molecule has 0 amide bonds. The molecule has 0 unspecified atom stereocenters. The van der Waals surface area contributed by atoms with Gasteiger partial charge in [0.05, 0.1) is 18.2 Å². The molecule has 0 aromatic heterocycles. The van der Waals surface area contributed by atoms with Gasteiger partial charge in [0.2, 0.25) is 0 Å². The molecule has 3 rings (SSSR count). The Kier molecular flexibility index (Phi) is 6.21. The lowest BCUT2D eigenvalue weighted by molar-refractivity contribution is -0.134. The molecule has 0 aliphatic rings.